The summed E-state index contributed by atoms with van der Waals surface area (Å²) < 4.78 is 16.8. The molecule has 2 aliphatic carbocycles. The Morgan fingerprint density at radius 2 is 1.37 bits per heavy atom. The molecule has 0 unspecified atom stereocenters. The maximum atomic E-state index is 5.82. The lowest BCUT2D eigenvalue weighted by Crippen LogP contribution is -2.47. The molecule has 2 fully saturated rings. The van der Waals surface area contributed by atoms with Crippen LogP contribution in [0.2, 0.25) is 0 Å². The molecule has 2 aromatic carbocycles. The molecule has 0 N–H and O–H groups in total. The second-order valence-electron chi connectivity index (χ2n) is 15.9. The monoisotopic (exact) mass is 612 g/mol. The molecule has 0 bridgehead atoms. The van der Waals surface area contributed by atoms with Gasteiger partial charge in [-0.1, -0.05) is 108 Å². The number of aromatic nitrogens is 2. The van der Waals surface area contributed by atoms with Crippen molar-refractivity contribution in [2.24, 2.45) is 21.7 Å². The van der Waals surface area contributed by atoms with Gasteiger partial charge in [0.05, 0.1) is 32.1 Å². The molecular formula is C42H48N2O2. The second kappa shape index (κ2) is 10.5. The summed E-state index contributed by atoms with van der Waals surface area (Å²) in [4.78, 5) is 0. The molecule has 0 radical (unpaired) electrons. The lowest BCUT2D eigenvalue weighted by molar-refractivity contribution is -0.123. The molecule has 0 atom stereocenters. The Morgan fingerprint density at radius 1 is 0.717 bits per heavy atom. The summed E-state index contributed by atoms with van der Waals surface area (Å²) in [5, 5.41) is 5.32. The van der Waals surface area contributed by atoms with Crippen molar-refractivity contribution in [2.75, 3.05) is 26.4 Å². The molecule has 2 aliphatic heterocycles. The minimum atomic E-state index is -0.0928. The topological polar surface area (TPSA) is 28.3 Å². The molecule has 46 heavy (non-hydrogen) atoms. The molecule has 4 heteroatoms. The maximum absolute atomic E-state index is 5.82. The standard InChI is InChI=1S/C42H48N2O2/c1-7-41(25-45-26-41)23-43-36-16-15-29(20-33(36)31-13-11-18-39(3,4)22-37(31)43)34-21-40(5,6)19-17-32-30-12-9-10-14-35(30)44(38(32)34)24-42(8-2)27-46-28-42/h9-22H,7-8,23-28H2,1-6H3. The fraction of sp³-hybridized carbons (Fsp3) is 0.429. The summed E-state index contributed by atoms with van der Waals surface area (Å²) in [5.74, 6) is 0. The van der Waals surface area contributed by atoms with E-state index in [1.807, 2.05) is 0 Å². The number of allylic oxidation sites excluding steroid dienone is 4. The number of hydrogen-bond acceptors (Lipinski definition) is 2. The number of fused-ring (bicyclic) bond motifs is 6. The molecular weight excluding hydrogens is 564 g/mol. The fourth-order valence-electron chi connectivity index (χ4n) is 8.09. The van der Waals surface area contributed by atoms with Gasteiger partial charge in [0.1, 0.15) is 0 Å². The highest BCUT2D eigenvalue weighted by molar-refractivity contribution is 6.00. The van der Waals surface area contributed by atoms with Gasteiger partial charge in [0.2, 0.25) is 0 Å². The van der Waals surface area contributed by atoms with Crippen LogP contribution >= 0.6 is 0 Å². The Labute approximate surface area is 273 Å². The second-order valence-corrected chi connectivity index (χ2v) is 15.9. The molecule has 0 amide bonds. The van der Waals surface area contributed by atoms with Gasteiger partial charge in [0.15, 0.2) is 0 Å². The van der Waals surface area contributed by atoms with E-state index in [0.717, 1.165) is 52.4 Å². The summed E-state index contributed by atoms with van der Waals surface area (Å²) in [6.45, 7) is 19.2. The molecule has 0 saturated carbocycles. The van der Waals surface area contributed by atoms with Crippen molar-refractivity contribution in [2.45, 2.75) is 67.5 Å². The fourth-order valence-corrected chi connectivity index (χ4v) is 8.09. The van der Waals surface area contributed by atoms with Crippen LogP contribution in [0.25, 0.3) is 45.6 Å². The van der Waals surface area contributed by atoms with Gasteiger partial charge < -0.3 is 18.6 Å². The van der Waals surface area contributed by atoms with Crippen molar-refractivity contribution < 1.29 is 9.47 Å². The normalized spacial score (nSPS) is 21.7. The van der Waals surface area contributed by atoms with Crippen LogP contribution in [-0.2, 0) is 22.6 Å². The van der Waals surface area contributed by atoms with E-state index < -0.39 is 0 Å². The van der Waals surface area contributed by atoms with Crippen molar-refractivity contribution in [1.82, 2.24) is 9.13 Å². The van der Waals surface area contributed by atoms with E-state index in [9.17, 15) is 0 Å². The Bertz CT molecular complexity index is 2070. The highest BCUT2D eigenvalue weighted by Gasteiger charge is 2.40. The summed E-state index contributed by atoms with van der Waals surface area (Å²) in [6, 6.07) is 16.2. The van der Waals surface area contributed by atoms with Gasteiger partial charge in [-0.2, -0.15) is 0 Å². The molecule has 0 spiro atoms. The number of ether oxygens (including phenoxy) is 2. The van der Waals surface area contributed by atoms with Gasteiger partial charge in [-0.15, -0.1) is 0 Å². The molecule has 4 heterocycles. The number of hydrogen-bond donors (Lipinski definition) is 0. The Balaban J connectivity index is 1.38. The average molecular weight is 613 g/mol. The van der Waals surface area contributed by atoms with Crippen molar-refractivity contribution in [3.05, 3.63) is 94.2 Å². The quantitative estimate of drug-likeness (QED) is 0.211. The highest BCUT2D eigenvalue weighted by atomic mass is 16.5. The highest BCUT2D eigenvalue weighted by Crippen LogP contribution is 2.44. The van der Waals surface area contributed by atoms with Gasteiger partial charge in [-0.25, -0.2) is 0 Å². The Kier molecular flexibility index (Phi) is 6.77. The SMILES string of the molecule is CCC1(Cn2c3c(c4ccccc42)C=CC(C)(C)C=C3c2ccc3c(c2)c2c(n3CC3(CC)COC3)=CC(C)(C)C=CC=2)COC1. The van der Waals surface area contributed by atoms with E-state index in [-0.39, 0.29) is 21.7 Å². The summed E-state index contributed by atoms with van der Waals surface area (Å²) in [7, 11) is 0. The van der Waals surface area contributed by atoms with E-state index in [4.69, 9.17) is 9.47 Å². The molecule has 4 aliphatic rings. The first kappa shape index (κ1) is 29.8. The van der Waals surface area contributed by atoms with Crippen LogP contribution < -0.4 is 10.6 Å². The minimum Gasteiger partial charge on any atom is -0.380 e. The van der Waals surface area contributed by atoms with Crippen LogP contribution in [0.4, 0.5) is 0 Å². The third-order valence-electron chi connectivity index (χ3n) is 11.3. The number of nitrogens with zero attached hydrogens (tertiary/aromatic N) is 2. The van der Waals surface area contributed by atoms with Crippen LogP contribution in [0, 0.1) is 21.7 Å². The zero-order chi connectivity index (χ0) is 31.9. The Hall–Kier alpha value is -3.60. The van der Waals surface area contributed by atoms with E-state index >= 15 is 0 Å². The molecule has 238 valence electrons. The third kappa shape index (κ3) is 4.71. The predicted molar refractivity (Wildman–Crippen MR) is 192 cm³/mol. The number of rotatable bonds is 7. The minimum absolute atomic E-state index is 0.0258. The van der Waals surface area contributed by atoms with Crippen molar-refractivity contribution in [1.29, 1.82) is 0 Å². The molecule has 4 nitrogen and oxygen atoms in total. The Morgan fingerprint density at radius 3 is 2.04 bits per heavy atom. The van der Waals surface area contributed by atoms with Crippen LogP contribution in [0.15, 0.2) is 66.8 Å². The average Bonchev–Trinajstić information content (AvgIpc) is 3.30. The first-order valence-corrected chi connectivity index (χ1v) is 17.3. The molecule has 8 rings (SSSR count). The van der Waals surface area contributed by atoms with Crippen LogP contribution in [0.1, 0.15) is 71.2 Å². The van der Waals surface area contributed by atoms with Gasteiger partial charge in [-0.3, -0.25) is 0 Å². The van der Waals surface area contributed by atoms with Gasteiger partial charge in [0, 0.05) is 78.3 Å². The van der Waals surface area contributed by atoms with E-state index in [2.05, 4.69) is 136 Å². The smallest absolute Gasteiger partial charge is 0.0568 e. The van der Waals surface area contributed by atoms with Crippen LogP contribution in [0.3, 0.4) is 0 Å². The molecule has 4 aromatic rings. The van der Waals surface area contributed by atoms with Gasteiger partial charge >= 0.3 is 0 Å². The summed E-state index contributed by atoms with van der Waals surface area (Å²) >= 11 is 0. The van der Waals surface area contributed by atoms with Gasteiger partial charge in [-0.05, 0) is 36.6 Å². The largest absolute Gasteiger partial charge is 0.380 e. The predicted octanol–water partition coefficient (Wildman–Crippen LogP) is 8.09. The lowest BCUT2D eigenvalue weighted by atomic mass is 9.82. The van der Waals surface area contributed by atoms with Crippen LogP contribution in [0.5, 0.6) is 0 Å². The molecule has 2 aromatic heterocycles. The number of para-hydroxylation sites is 1. The maximum Gasteiger partial charge on any atom is 0.0568 e. The lowest BCUT2D eigenvalue weighted by Gasteiger charge is -2.41. The number of benzene rings is 2. The summed E-state index contributed by atoms with van der Waals surface area (Å²) in [6.07, 6.45) is 18.9. The first-order valence-electron chi connectivity index (χ1n) is 17.3. The zero-order valence-electron chi connectivity index (χ0n) is 28.5. The van der Waals surface area contributed by atoms with Crippen molar-refractivity contribution in [3.63, 3.8) is 0 Å². The van der Waals surface area contributed by atoms with E-state index in [1.54, 1.807) is 0 Å². The van der Waals surface area contributed by atoms with Crippen molar-refractivity contribution >= 4 is 45.6 Å². The third-order valence-corrected chi connectivity index (χ3v) is 11.3. The molecule has 2 saturated heterocycles. The van der Waals surface area contributed by atoms with E-state index in [0.29, 0.717) is 0 Å². The summed E-state index contributed by atoms with van der Waals surface area (Å²) in [5.41, 5.74) is 8.15. The van der Waals surface area contributed by atoms with Gasteiger partial charge in [0.25, 0.3) is 0 Å². The first-order chi connectivity index (χ1) is 22.1. The van der Waals surface area contributed by atoms with E-state index in [1.165, 1.54) is 54.8 Å². The zero-order valence-corrected chi connectivity index (χ0v) is 28.5. The van der Waals surface area contributed by atoms with Crippen molar-refractivity contribution in [3.8, 4) is 0 Å². The van der Waals surface area contributed by atoms with Crippen LogP contribution in [-0.4, -0.2) is 35.6 Å².